The Kier molecular flexibility index (Phi) is 6.87. The van der Waals surface area contributed by atoms with E-state index in [-0.39, 0.29) is 19.2 Å². The third-order valence-corrected chi connectivity index (χ3v) is 7.04. The molecule has 1 amide bonds. The van der Waals surface area contributed by atoms with E-state index in [4.69, 9.17) is 14.2 Å². The predicted octanol–water partition coefficient (Wildman–Crippen LogP) is 4.03. The van der Waals surface area contributed by atoms with Gasteiger partial charge < -0.3 is 24.1 Å². The highest BCUT2D eigenvalue weighted by molar-refractivity contribution is 5.91. The molecule has 5 rings (SSSR count). The lowest BCUT2D eigenvalue weighted by molar-refractivity contribution is -0.155. The Hall–Kier alpha value is -3.52. The van der Waals surface area contributed by atoms with E-state index in [1.54, 1.807) is 4.90 Å². The Balaban J connectivity index is 1.65. The van der Waals surface area contributed by atoms with Crippen molar-refractivity contribution in [3.63, 3.8) is 0 Å². The van der Waals surface area contributed by atoms with Gasteiger partial charge in [0, 0.05) is 23.0 Å². The number of H-pyrrole nitrogens is 1. The smallest absolute Gasteiger partial charge is 0.328 e. The number of rotatable bonds is 8. The molecule has 0 radical (unpaired) electrons. The molecule has 0 bridgehead atoms. The van der Waals surface area contributed by atoms with E-state index in [2.05, 4.69) is 29.8 Å². The van der Waals surface area contributed by atoms with Crippen LogP contribution in [0.1, 0.15) is 49.6 Å². The van der Waals surface area contributed by atoms with E-state index in [9.17, 15) is 9.59 Å². The molecule has 0 aliphatic carbocycles. The molecule has 1 aromatic heterocycles. The Bertz CT molecular complexity index is 1260. The van der Waals surface area contributed by atoms with Crippen molar-refractivity contribution >= 4 is 22.8 Å². The van der Waals surface area contributed by atoms with Gasteiger partial charge in [-0.3, -0.25) is 9.69 Å². The topological polar surface area (TPSA) is 84.1 Å². The second-order valence-electron chi connectivity index (χ2n) is 9.40. The quantitative estimate of drug-likeness (QED) is 0.479. The van der Waals surface area contributed by atoms with Gasteiger partial charge in [-0.2, -0.15) is 0 Å². The van der Waals surface area contributed by atoms with E-state index in [0.717, 1.165) is 53.7 Å². The number of hydrogen-bond acceptors (Lipinski definition) is 6. The molecular formula is C28H33N3O5. The second kappa shape index (κ2) is 10.2. The molecule has 1 N–H and O–H groups in total. The van der Waals surface area contributed by atoms with E-state index in [1.807, 2.05) is 36.4 Å². The number of carbonyl (C=O) groups is 2. The number of nitrogens with one attached hydrogen (secondary N) is 1. The fourth-order valence-electron chi connectivity index (χ4n) is 5.52. The Labute approximate surface area is 211 Å². The SMILES string of the molecule is CCCN(CCC)CC(=O)N1[C@@H](c2ccc3c(c2)OCO3)c2[nH]c3ccccc3c2C[C@H]1C(=O)OC. The summed E-state index contributed by atoms with van der Waals surface area (Å²) >= 11 is 0. The Morgan fingerprint density at radius 1 is 1.08 bits per heavy atom. The normalized spacial score (nSPS) is 18.5. The van der Waals surface area contributed by atoms with Gasteiger partial charge in [0.05, 0.1) is 19.7 Å². The zero-order valence-corrected chi connectivity index (χ0v) is 21.1. The number of aromatic amines is 1. The summed E-state index contributed by atoms with van der Waals surface area (Å²) in [7, 11) is 1.38. The minimum atomic E-state index is -0.741. The fourth-order valence-corrected chi connectivity index (χ4v) is 5.52. The number of aromatic nitrogens is 1. The van der Waals surface area contributed by atoms with Crippen LogP contribution < -0.4 is 9.47 Å². The number of hydrogen-bond donors (Lipinski definition) is 1. The van der Waals surface area contributed by atoms with Gasteiger partial charge in [-0.25, -0.2) is 4.79 Å². The average molecular weight is 492 g/mol. The molecule has 0 saturated heterocycles. The van der Waals surface area contributed by atoms with Gasteiger partial charge in [-0.15, -0.1) is 0 Å². The summed E-state index contributed by atoms with van der Waals surface area (Å²) < 4.78 is 16.4. The molecule has 8 heteroatoms. The summed E-state index contributed by atoms with van der Waals surface area (Å²) in [6.45, 7) is 6.27. The molecule has 8 nitrogen and oxygen atoms in total. The molecule has 2 atom stereocenters. The maximum Gasteiger partial charge on any atom is 0.328 e. The fraction of sp³-hybridized carbons (Fsp3) is 0.429. The van der Waals surface area contributed by atoms with Crippen LogP contribution in [0, 0.1) is 0 Å². The Morgan fingerprint density at radius 3 is 2.58 bits per heavy atom. The number of carbonyl (C=O) groups excluding carboxylic acids is 2. The summed E-state index contributed by atoms with van der Waals surface area (Å²) in [5.74, 6) is 0.795. The van der Waals surface area contributed by atoms with Crippen LogP contribution in [0.15, 0.2) is 42.5 Å². The third-order valence-electron chi connectivity index (χ3n) is 7.04. The van der Waals surface area contributed by atoms with Gasteiger partial charge in [0.25, 0.3) is 0 Å². The lowest BCUT2D eigenvalue weighted by atomic mass is 9.87. The number of benzene rings is 2. The van der Waals surface area contributed by atoms with Crippen molar-refractivity contribution in [2.75, 3.05) is 33.5 Å². The maximum absolute atomic E-state index is 14.0. The first-order valence-corrected chi connectivity index (χ1v) is 12.7. The molecule has 2 aliphatic rings. The molecule has 190 valence electrons. The van der Waals surface area contributed by atoms with Crippen molar-refractivity contribution in [3.05, 3.63) is 59.3 Å². The molecular weight excluding hydrogens is 458 g/mol. The van der Waals surface area contributed by atoms with Gasteiger partial charge in [-0.1, -0.05) is 38.1 Å². The third kappa shape index (κ3) is 4.30. The summed E-state index contributed by atoms with van der Waals surface area (Å²) in [5.41, 5.74) is 3.78. The van der Waals surface area contributed by atoms with Crippen molar-refractivity contribution in [3.8, 4) is 11.5 Å². The van der Waals surface area contributed by atoms with E-state index in [1.165, 1.54) is 7.11 Å². The van der Waals surface area contributed by atoms with E-state index in [0.29, 0.717) is 17.9 Å². The minimum Gasteiger partial charge on any atom is -0.467 e. The molecule has 2 aromatic carbocycles. The number of esters is 1. The lowest BCUT2D eigenvalue weighted by Crippen LogP contribution is -2.54. The average Bonchev–Trinajstić information content (AvgIpc) is 3.51. The Morgan fingerprint density at radius 2 is 1.83 bits per heavy atom. The molecule has 2 aliphatic heterocycles. The minimum absolute atomic E-state index is 0.0979. The van der Waals surface area contributed by atoms with Gasteiger partial charge in [0.2, 0.25) is 12.7 Å². The zero-order chi connectivity index (χ0) is 25.2. The van der Waals surface area contributed by atoms with Crippen LogP contribution in [0.5, 0.6) is 11.5 Å². The highest BCUT2D eigenvalue weighted by atomic mass is 16.7. The van der Waals surface area contributed by atoms with Crippen LogP contribution in [0.3, 0.4) is 0 Å². The maximum atomic E-state index is 14.0. The summed E-state index contributed by atoms with van der Waals surface area (Å²) in [6, 6.07) is 12.5. The van der Waals surface area contributed by atoms with E-state index >= 15 is 0 Å². The molecule has 0 spiro atoms. The van der Waals surface area contributed by atoms with Gasteiger partial charge in [-0.05, 0) is 55.3 Å². The lowest BCUT2D eigenvalue weighted by Gasteiger charge is -2.41. The zero-order valence-electron chi connectivity index (χ0n) is 21.1. The van der Waals surface area contributed by atoms with Gasteiger partial charge in [0.1, 0.15) is 6.04 Å². The summed E-state index contributed by atoms with van der Waals surface area (Å²) in [5, 5.41) is 1.05. The number of methoxy groups -OCH3 is 1. The number of ether oxygens (including phenoxy) is 3. The van der Waals surface area contributed by atoms with Crippen LogP contribution in [-0.4, -0.2) is 66.2 Å². The molecule has 3 aromatic rings. The number of para-hydroxylation sites is 1. The van der Waals surface area contributed by atoms with Crippen molar-refractivity contribution < 1.29 is 23.8 Å². The molecule has 36 heavy (non-hydrogen) atoms. The first kappa shape index (κ1) is 24.2. The summed E-state index contributed by atoms with van der Waals surface area (Å²) in [6.07, 6.45) is 2.29. The van der Waals surface area contributed by atoms with Crippen molar-refractivity contribution in [1.29, 1.82) is 0 Å². The highest BCUT2D eigenvalue weighted by Gasteiger charge is 2.44. The van der Waals surface area contributed by atoms with Crippen molar-refractivity contribution in [2.45, 2.75) is 45.2 Å². The highest BCUT2D eigenvalue weighted by Crippen LogP contribution is 2.44. The molecule has 0 saturated carbocycles. The monoisotopic (exact) mass is 491 g/mol. The van der Waals surface area contributed by atoms with Crippen LogP contribution in [-0.2, 0) is 20.7 Å². The predicted molar refractivity (Wildman–Crippen MR) is 136 cm³/mol. The summed E-state index contributed by atoms with van der Waals surface area (Å²) in [4.78, 5) is 34.7. The van der Waals surface area contributed by atoms with Crippen LogP contribution in [0.25, 0.3) is 10.9 Å². The first-order valence-electron chi connectivity index (χ1n) is 12.7. The number of amides is 1. The second-order valence-corrected chi connectivity index (χ2v) is 9.40. The first-order chi connectivity index (χ1) is 17.5. The van der Waals surface area contributed by atoms with Crippen molar-refractivity contribution in [1.82, 2.24) is 14.8 Å². The van der Waals surface area contributed by atoms with E-state index < -0.39 is 18.1 Å². The molecule has 0 fully saturated rings. The molecule has 3 heterocycles. The van der Waals surface area contributed by atoms with Crippen LogP contribution in [0.2, 0.25) is 0 Å². The van der Waals surface area contributed by atoms with Crippen molar-refractivity contribution in [2.24, 2.45) is 0 Å². The standard InChI is InChI=1S/C28H33N3O5/c1-4-12-30(13-5-2)16-25(32)31-22(28(33)34-3)15-20-19-8-6-7-9-21(19)29-26(20)27(31)18-10-11-23-24(14-18)36-17-35-23/h6-11,14,22,27,29H,4-5,12-13,15-17H2,1-3H3/t22-,27-/m0/s1. The van der Waals surface area contributed by atoms with Gasteiger partial charge >= 0.3 is 5.97 Å². The molecule has 0 unspecified atom stereocenters. The number of nitrogens with zero attached hydrogens (tertiary/aromatic N) is 2. The largest absolute Gasteiger partial charge is 0.467 e. The van der Waals surface area contributed by atoms with Gasteiger partial charge in [0.15, 0.2) is 11.5 Å². The van der Waals surface area contributed by atoms with Crippen LogP contribution >= 0.6 is 0 Å². The number of fused-ring (bicyclic) bond motifs is 4. The van der Waals surface area contributed by atoms with Crippen LogP contribution in [0.4, 0.5) is 0 Å².